The van der Waals surface area contributed by atoms with Crippen molar-refractivity contribution in [3.05, 3.63) is 33.8 Å². The molecule has 0 spiro atoms. The summed E-state index contributed by atoms with van der Waals surface area (Å²) in [5, 5.41) is 5.36. The SMILES string of the molecule is CCCc1nc(NC)cc(N2CCc3sccc3C2C)n1. The van der Waals surface area contributed by atoms with Gasteiger partial charge in [0, 0.05) is 31.0 Å². The highest BCUT2D eigenvalue weighted by atomic mass is 32.1. The van der Waals surface area contributed by atoms with Crippen molar-refractivity contribution in [3.63, 3.8) is 0 Å². The van der Waals surface area contributed by atoms with Gasteiger partial charge in [0.1, 0.15) is 17.5 Å². The monoisotopic (exact) mass is 302 g/mol. The number of anilines is 2. The largest absolute Gasteiger partial charge is 0.373 e. The third kappa shape index (κ3) is 2.75. The molecular formula is C16H22N4S. The van der Waals surface area contributed by atoms with Crippen molar-refractivity contribution in [2.24, 2.45) is 0 Å². The second-order valence-corrected chi connectivity index (χ2v) is 6.45. The summed E-state index contributed by atoms with van der Waals surface area (Å²) in [7, 11) is 1.92. The Morgan fingerprint density at radius 2 is 2.29 bits per heavy atom. The number of thiophene rings is 1. The number of nitrogens with one attached hydrogen (secondary N) is 1. The minimum Gasteiger partial charge on any atom is -0.373 e. The summed E-state index contributed by atoms with van der Waals surface area (Å²) in [5.41, 5.74) is 1.45. The van der Waals surface area contributed by atoms with Crippen molar-refractivity contribution in [1.29, 1.82) is 0 Å². The smallest absolute Gasteiger partial charge is 0.134 e. The van der Waals surface area contributed by atoms with Crippen LogP contribution in [0.2, 0.25) is 0 Å². The molecule has 1 unspecified atom stereocenters. The molecule has 1 aliphatic heterocycles. The fraction of sp³-hybridized carbons (Fsp3) is 0.500. The quantitative estimate of drug-likeness (QED) is 0.936. The number of hydrogen-bond acceptors (Lipinski definition) is 5. The normalized spacial score (nSPS) is 17.7. The summed E-state index contributed by atoms with van der Waals surface area (Å²) in [4.78, 5) is 13.3. The van der Waals surface area contributed by atoms with E-state index in [0.717, 1.165) is 43.3 Å². The highest BCUT2D eigenvalue weighted by Gasteiger charge is 2.26. The van der Waals surface area contributed by atoms with Crippen LogP contribution in [0.15, 0.2) is 17.5 Å². The van der Waals surface area contributed by atoms with Crippen LogP contribution in [0.25, 0.3) is 0 Å². The van der Waals surface area contributed by atoms with Crippen LogP contribution in [0.4, 0.5) is 11.6 Å². The molecule has 2 aromatic heterocycles. The summed E-state index contributed by atoms with van der Waals surface area (Å²) in [6.07, 6.45) is 3.10. The third-order valence-electron chi connectivity index (χ3n) is 4.06. The predicted octanol–water partition coefficient (Wildman–Crippen LogP) is 3.66. The first-order valence-corrected chi connectivity index (χ1v) is 8.49. The van der Waals surface area contributed by atoms with E-state index < -0.39 is 0 Å². The van der Waals surface area contributed by atoms with E-state index >= 15 is 0 Å². The van der Waals surface area contributed by atoms with E-state index in [1.54, 1.807) is 0 Å². The Bertz CT molecular complexity index is 622. The van der Waals surface area contributed by atoms with E-state index in [1.807, 2.05) is 18.4 Å². The predicted molar refractivity (Wildman–Crippen MR) is 89.4 cm³/mol. The maximum atomic E-state index is 4.78. The Balaban J connectivity index is 1.95. The molecule has 3 heterocycles. The van der Waals surface area contributed by atoms with E-state index in [1.165, 1.54) is 10.4 Å². The van der Waals surface area contributed by atoms with E-state index in [0.29, 0.717) is 6.04 Å². The van der Waals surface area contributed by atoms with Crippen LogP contribution in [-0.4, -0.2) is 23.6 Å². The van der Waals surface area contributed by atoms with Gasteiger partial charge in [-0.3, -0.25) is 0 Å². The van der Waals surface area contributed by atoms with Crippen molar-refractivity contribution >= 4 is 23.0 Å². The Labute approximate surface area is 130 Å². The van der Waals surface area contributed by atoms with Crippen molar-refractivity contribution < 1.29 is 0 Å². The van der Waals surface area contributed by atoms with Gasteiger partial charge in [0.25, 0.3) is 0 Å². The van der Waals surface area contributed by atoms with Gasteiger partial charge in [0.2, 0.25) is 0 Å². The van der Waals surface area contributed by atoms with Crippen LogP contribution in [0.5, 0.6) is 0 Å². The molecule has 0 aromatic carbocycles. The second-order valence-electron chi connectivity index (χ2n) is 5.45. The number of aryl methyl sites for hydroxylation is 1. The van der Waals surface area contributed by atoms with E-state index in [4.69, 9.17) is 4.98 Å². The summed E-state index contributed by atoms with van der Waals surface area (Å²) < 4.78 is 0. The highest BCUT2D eigenvalue weighted by Crippen LogP contribution is 2.35. The van der Waals surface area contributed by atoms with Crippen LogP contribution in [0, 0.1) is 0 Å². The number of aromatic nitrogens is 2. The first kappa shape index (κ1) is 14.3. The number of hydrogen-bond donors (Lipinski definition) is 1. The van der Waals surface area contributed by atoms with Crippen LogP contribution >= 0.6 is 11.3 Å². The van der Waals surface area contributed by atoms with E-state index in [2.05, 4.69) is 46.6 Å². The van der Waals surface area contributed by atoms with Gasteiger partial charge in [0.05, 0.1) is 6.04 Å². The second kappa shape index (κ2) is 6.02. The molecule has 0 radical (unpaired) electrons. The fourth-order valence-electron chi connectivity index (χ4n) is 2.92. The third-order valence-corrected chi connectivity index (χ3v) is 5.06. The number of rotatable bonds is 4. The van der Waals surface area contributed by atoms with E-state index in [-0.39, 0.29) is 0 Å². The fourth-order valence-corrected chi connectivity index (χ4v) is 3.88. The van der Waals surface area contributed by atoms with Crippen LogP contribution < -0.4 is 10.2 Å². The molecule has 0 aliphatic carbocycles. The minimum atomic E-state index is 0.383. The summed E-state index contributed by atoms with van der Waals surface area (Å²) >= 11 is 1.87. The van der Waals surface area contributed by atoms with Crippen molar-refractivity contribution in [2.75, 3.05) is 23.8 Å². The molecule has 4 nitrogen and oxygen atoms in total. The van der Waals surface area contributed by atoms with Crippen LogP contribution in [-0.2, 0) is 12.8 Å². The first-order valence-electron chi connectivity index (χ1n) is 7.61. The molecule has 3 rings (SSSR count). The molecule has 0 fully saturated rings. The van der Waals surface area contributed by atoms with Crippen LogP contribution in [0.3, 0.4) is 0 Å². The average molecular weight is 302 g/mol. The molecule has 0 amide bonds. The molecule has 2 aromatic rings. The molecule has 1 atom stereocenters. The summed E-state index contributed by atoms with van der Waals surface area (Å²) in [6.45, 7) is 5.46. The van der Waals surface area contributed by atoms with Crippen molar-refractivity contribution in [2.45, 2.75) is 39.2 Å². The average Bonchev–Trinajstić information content (AvgIpc) is 2.97. The molecule has 0 saturated heterocycles. The van der Waals surface area contributed by atoms with Crippen molar-refractivity contribution in [1.82, 2.24) is 9.97 Å². The standard InChI is InChI=1S/C16H22N4S/c1-4-5-14-18-15(17-3)10-16(19-14)20-8-6-13-12(11(20)2)7-9-21-13/h7,9-11H,4-6,8H2,1-3H3,(H,17,18,19). The zero-order valence-electron chi connectivity index (χ0n) is 12.9. The Kier molecular flexibility index (Phi) is 4.10. The molecular weight excluding hydrogens is 280 g/mol. The lowest BCUT2D eigenvalue weighted by atomic mass is 10.0. The maximum absolute atomic E-state index is 4.78. The first-order chi connectivity index (χ1) is 10.2. The van der Waals surface area contributed by atoms with Gasteiger partial charge in [-0.15, -0.1) is 11.3 Å². The zero-order valence-corrected chi connectivity index (χ0v) is 13.7. The van der Waals surface area contributed by atoms with Gasteiger partial charge in [-0.2, -0.15) is 0 Å². The zero-order chi connectivity index (χ0) is 14.8. The highest BCUT2D eigenvalue weighted by molar-refractivity contribution is 7.10. The van der Waals surface area contributed by atoms with Crippen LogP contribution in [0.1, 0.15) is 42.6 Å². The molecule has 1 aliphatic rings. The molecule has 0 bridgehead atoms. The van der Waals surface area contributed by atoms with Gasteiger partial charge in [-0.05, 0) is 36.8 Å². The van der Waals surface area contributed by atoms with Gasteiger partial charge in [-0.25, -0.2) is 9.97 Å². The Morgan fingerprint density at radius 1 is 1.43 bits per heavy atom. The van der Waals surface area contributed by atoms with Gasteiger partial charge in [0.15, 0.2) is 0 Å². The lowest BCUT2D eigenvalue weighted by molar-refractivity contribution is 0.621. The molecule has 21 heavy (non-hydrogen) atoms. The number of nitrogens with zero attached hydrogens (tertiary/aromatic N) is 3. The lowest BCUT2D eigenvalue weighted by Crippen LogP contribution is -2.34. The van der Waals surface area contributed by atoms with Crippen molar-refractivity contribution in [3.8, 4) is 0 Å². The van der Waals surface area contributed by atoms with Gasteiger partial charge in [-0.1, -0.05) is 6.92 Å². The minimum absolute atomic E-state index is 0.383. The summed E-state index contributed by atoms with van der Waals surface area (Å²) in [5.74, 6) is 2.89. The van der Waals surface area contributed by atoms with E-state index in [9.17, 15) is 0 Å². The topological polar surface area (TPSA) is 41.1 Å². The molecule has 5 heteroatoms. The lowest BCUT2D eigenvalue weighted by Gasteiger charge is -2.34. The Morgan fingerprint density at radius 3 is 3.05 bits per heavy atom. The number of fused-ring (bicyclic) bond motifs is 1. The molecule has 0 saturated carbocycles. The molecule has 1 N–H and O–H groups in total. The van der Waals surface area contributed by atoms with Gasteiger partial charge < -0.3 is 10.2 Å². The maximum Gasteiger partial charge on any atom is 0.134 e. The van der Waals surface area contributed by atoms with Gasteiger partial charge >= 0.3 is 0 Å². The Hall–Kier alpha value is -1.62. The molecule has 112 valence electrons. The summed E-state index contributed by atoms with van der Waals surface area (Å²) in [6, 6.07) is 4.70.